The van der Waals surface area contributed by atoms with Gasteiger partial charge >= 0.3 is 0 Å². The molecule has 0 aliphatic carbocycles. The Labute approximate surface area is 120 Å². The molecule has 110 valence electrons. The van der Waals surface area contributed by atoms with Gasteiger partial charge in [-0.1, -0.05) is 25.1 Å². The zero-order valence-electron chi connectivity index (χ0n) is 11.9. The van der Waals surface area contributed by atoms with Crippen molar-refractivity contribution in [1.82, 2.24) is 5.32 Å². The van der Waals surface area contributed by atoms with E-state index in [0.717, 1.165) is 29.7 Å². The minimum atomic E-state index is -2.96. The molecule has 0 aliphatic heterocycles. The van der Waals surface area contributed by atoms with Gasteiger partial charge in [0, 0.05) is 11.6 Å². The van der Waals surface area contributed by atoms with Gasteiger partial charge in [-0.05, 0) is 31.5 Å². The van der Waals surface area contributed by atoms with Crippen molar-refractivity contribution in [2.24, 2.45) is 0 Å². The topological polar surface area (TPSA) is 59.3 Å². The first kappa shape index (κ1) is 15.1. The van der Waals surface area contributed by atoms with Gasteiger partial charge in [0.05, 0.1) is 11.8 Å². The Hall–Kier alpha value is -1.33. The molecular formula is C15H21NO3S. The van der Waals surface area contributed by atoms with Gasteiger partial charge in [0.2, 0.25) is 0 Å². The highest BCUT2D eigenvalue weighted by Crippen LogP contribution is 2.26. The monoisotopic (exact) mass is 295 g/mol. The summed E-state index contributed by atoms with van der Waals surface area (Å²) in [6.45, 7) is 2.92. The van der Waals surface area contributed by atoms with Crippen molar-refractivity contribution in [3.05, 3.63) is 36.1 Å². The Morgan fingerprint density at radius 3 is 2.70 bits per heavy atom. The van der Waals surface area contributed by atoms with Crippen LogP contribution in [0.3, 0.4) is 0 Å². The van der Waals surface area contributed by atoms with Crippen LogP contribution in [-0.4, -0.2) is 27.0 Å². The number of nitrogens with one attached hydrogen (secondary N) is 1. The predicted molar refractivity (Wildman–Crippen MR) is 81.6 cm³/mol. The molecule has 0 spiro atoms. The molecule has 20 heavy (non-hydrogen) atoms. The van der Waals surface area contributed by atoms with Crippen LogP contribution in [0.5, 0.6) is 0 Å². The summed E-state index contributed by atoms with van der Waals surface area (Å²) in [6, 6.07) is 9.75. The summed E-state index contributed by atoms with van der Waals surface area (Å²) in [4.78, 5) is 0. The van der Waals surface area contributed by atoms with E-state index in [2.05, 4.69) is 12.2 Å². The van der Waals surface area contributed by atoms with Crippen molar-refractivity contribution in [1.29, 1.82) is 0 Å². The molecule has 0 fully saturated rings. The largest absolute Gasteiger partial charge is 0.459 e. The highest BCUT2D eigenvalue weighted by molar-refractivity contribution is 7.90. The molecule has 0 saturated carbocycles. The van der Waals surface area contributed by atoms with E-state index < -0.39 is 9.84 Å². The number of furan rings is 1. The quantitative estimate of drug-likeness (QED) is 0.853. The fourth-order valence-electron chi connectivity index (χ4n) is 2.17. The number of sulfone groups is 1. The fraction of sp³-hybridized carbons (Fsp3) is 0.467. The minimum Gasteiger partial charge on any atom is -0.459 e. The van der Waals surface area contributed by atoms with E-state index in [-0.39, 0.29) is 11.8 Å². The van der Waals surface area contributed by atoms with E-state index >= 15 is 0 Å². The summed E-state index contributed by atoms with van der Waals surface area (Å²) < 4.78 is 28.5. The Morgan fingerprint density at radius 2 is 2.05 bits per heavy atom. The number of para-hydroxylation sites is 1. The van der Waals surface area contributed by atoms with Gasteiger partial charge in [-0.2, -0.15) is 0 Å². The molecule has 2 aromatic rings. The van der Waals surface area contributed by atoms with Crippen LogP contribution in [0.25, 0.3) is 11.0 Å². The van der Waals surface area contributed by atoms with E-state index in [9.17, 15) is 8.42 Å². The maximum Gasteiger partial charge on any atom is 0.147 e. The second-order valence-electron chi connectivity index (χ2n) is 5.11. The van der Waals surface area contributed by atoms with Crippen molar-refractivity contribution in [2.45, 2.75) is 25.8 Å². The molecule has 2 rings (SSSR count). The summed E-state index contributed by atoms with van der Waals surface area (Å²) in [7, 11) is -2.96. The standard InChI is InChI=1S/C15H21NO3S/c1-3-9-16-13(8-10-20(2,17)18)15-11-12-6-4-5-7-14(12)19-15/h4-7,11,13,16H,3,8-10H2,1-2H3. The maximum atomic E-state index is 11.4. The van der Waals surface area contributed by atoms with Crippen molar-refractivity contribution in [3.63, 3.8) is 0 Å². The van der Waals surface area contributed by atoms with Crippen molar-refractivity contribution in [2.75, 3.05) is 18.6 Å². The number of fused-ring (bicyclic) bond motifs is 1. The van der Waals surface area contributed by atoms with Gasteiger partial charge < -0.3 is 9.73 Å². The minimum absolute atomic E-state index is 0.0583. The van der Waals surface area contributed by atoms with Crippen LogP contribution in [0.4, 0.5) is 0 Å². The highest BCUT2D eigenvalue weighted by atomic mass is 32.2. The zero-order chi connectivity index (χ0) is 14.6. The van der Waals surface area contributed by atoms with Crippen molar-refractivity contribution < 1.29 is 12.8 Å². The highest BCUT2D eigenvalue weighted by Gasteiger charge is 2.17. The van der Waals surface area contributed by atoms with Crippen LogP contribution in [0.1, 0.15) is 31.6 Å². The Balaban J connectivity index is 2.20. The first-order valence-electron chi connectivity index (χ1n) is 6.89. The van der Waals surface area contributed by atoms with Crippen molar-refractivity contribution in [3.8, 4) is 0 Å². The third-order valence-electron chi connectivity index (χ3n) is 3.21. The van der Waals surface area contributed by atoms with E-state index in [1.807, 2.05) is 30.3 Å². The van der Waals surface area contributed by atoms with E-state index in [4.69, 9.17) is 4.42 Å². The Morgan fingerprint density at radius 1 is 1.30 bits per heavy atom. The summed E-state index contributed by atoms with van der Waals surface area (Å²) in [6.07, 6.45) is 2.79. The molecule has 1 N–H and O–H groups in total. The molecule has 0 aliphatic rings. The van der Waals surface area contributed by atoms with Crippen LogP contribution in [-0.2, 0) is 9.84 Å². The molecule has 0 radical (unpaired) electrons. The lowest BCUT2D eigenvalue weighted by molar-refractivity contribution is 0.421. The maximum absolute atomic E-state index is 11.4. The third kappa shape index (κ3) is 4.08. The Kier molecular flexibility index (Phi) is 4.83. The first-order chi connectivity index (χ1) is 9.49. The van der Waals surface area contributed by atoms with Crippen LogP contribution in [0, 0.1) is 0 Å². The molecule has 0 bridgehead atoms. The molecular weight excluding hydrogens is 274 g/mol. The second kappa shape index (κ2) is 6.41. The zero-order valence-corrected chi connectivity index (χ0v) is 12.7. The molecule has 1 atom stereocenters. The normalized spacial score (nSPS) is 13.7. The molecule has 5 heteroatoms. The van der Waals surface area contributed by atoms with Gasteiger partial charge in [0.1, 0.15) is 21.2 Å². The molecule has 1 heterocycles. The average molecular weight is 295 g/mol. The van der Waals surface area contributed by atoms with Gasteiger partial charge in [0.25, 0.3) is 0 Å². The van der Waals surface area contributed by atoms with Crippen LogP contribution < -0.4 is 5.32 Å². The summed E-state index contributed by atoms with van der Waals surface area (Å²) >= 11 is 0. The number of hydrogen-bond donors (Lipinski definition) is 1. The lowest BCUT2D eigenvalue weighted by Gasteiger charge is -2.15. The Bertz CT molecular complexity index is 628. The van der Waals surface area contributed by atoms with E-state index in [1.165, 1.54) is 6.26 Å². The van der Waals surface area contributed by atoms with Gasteiger partial charge in [-0.3, -0.25) is 0 Å². The number of hydrogen-bond acceptors (Lipinski definition) is 4. The molecule has 1 aromatic carbocycles. The second-order valence-corrected chi connectivity index (χ2v) is 7.37. The summed E-state index contributed by atoms with van der Waals surface area (Å²) in [5.74, 6) is 0.967. The molecule has 4 nitrogen and oxygen atoms in total. The molecule has 1 aromatic heterocycles. The third-order valence-corrected chi connectivity index (χ3v) is 4.18. The van der Waals surface area contributed by atoms with Crippen LogP contribution in [0.15, 0.2) is 34.7 Å². The van der Waals surface area contributed by atoms with Crippen molar-refractivity contribution >= 4 is 20.8 Å². The van der Waals surface area contributed by atoms with Gasteiger partial charge in [-0.25, -0.2) is 8.42 Å². The number of rotatable bonds is 7. The van der Waals surface area contributed by atoms with Gasteiger partial charge in [0.15, 0.2) is 0 Å². The first-order valence-corrected chi connectivity index (χ1v) is 8.95. The van der Waals surface area contributed by atoms with Gasteiger partial charge in [-0.15, -0.1) is 0 Å². The fourth-order valence-corrected chi connectivity index (χ4v) is 2.83. The summed E-state index contributed by atoms with van der Waals surface area (Å²) in [5.41, 5.74) is 0.838. The van der Waals surface area contributed by atoms with E-state index in [0.29, 0.717) is 6.42 Å². The lowest BCUT2D eigenvalue weighted by atomic mass is 10.1. The predicted octanol–water partition coefficient (Wildman–Crippen LogP) is 2.91. The van der Waals surface area contributed by atoms with E-state index in [1.54, 1.807) is 0 Å². The lowest BCUT2D eigenvalue weighted by Crippen LogP contribution is -2.24. The van der Waals surface area contributed by atoms with Crippen LogP contribution >= 0.6 is 0 Å². The molecule has 1 unspecified atom stereocenters. The number of benzene rings is 1. The SMILES string of the molecule is CCCNC(CCS(C)(=O)=O)c1cc2ccccc2o1. The summed E-state index contributed by atoms with van der Waals surface area (Å²) in [5, 5.41) is 4.41. The smallest absolute Gasteiger partial charge is 0.147 e. The molecule has 0 amide bonds. The van der Waals surface area contributed by atoms with Crippen LogP contribution in [0.2, 0.25) is 0 Å². The molecule has 0 saturated heterocycles. The average Bonchev–Trinajstić information content (AvgIpc) is 2.81.